The molecule has 7 nitrogen and oxygen atoms in total. The van der Waals surface area contributed by atoms with Crippen LogP contribution in [-0.2, 0) is 11.2 Å². The molecule has 3 N–H and O–H groups in total. The number of pyridine rings is 1. The van der Waals surface area contributed by atoms with Crippen LogP contribution in [0.3, 0.4) is 0 Å². The number of nitro benzene ring substituents is 1. The van der Waals surface area contributed by atoms with Crippen molar-refractivity contribution in [2.24, 2.45) is 0 Å². The molecule has 1 aromatic heterocycles. The van der Waals surface area contributed by atoms with Crippen molar-refractivity contribution < 1.29 is 14.1 Å². The summed E-state index contributed by atoms with van der Waals surface area (Å²) in [4.78, 5) is 25.5. The lowest BCUT2D eigenvalue weighted by molar-refractivity contribution is -0.387. The van der Waals surface area contributed by atoms with Crippen molar-refractivity contribution in [2.45, 2.75) is 6.42 Å². The Kier molecular flexibility index (Phi) is 4.07. The van der Waals surface area contributed by atoms with E-state index < -0.39 is 22.3 Å². The average Bonchev–Trinajstić information content (AvgIpc) is 2.43. The zero-order chi connectivity index (χ0) is 15.4. The topological polar surface area (TPSA) is 111 Å². The third kappa shape index (κ3) is 3.72. The Balaban J connectivity index is 2.07. The minimum absolute atomic E-state index is 0.0224. The summed E-state index contributed by atoms with van der Waals surface area (Å²) in [6, 6.07) is 6.34. The van der Waals surface area contributed by atoms with Gasteiger partial charge in [-0.2, -0.15) is 4.39 Å². The highest BCUT2D eigenvalue weighted by atomic mass is 19.1. The van der Waals surface area contributed by atoms with Gasteiger partial charge in [0.05, 0.1) is 23.2 Å². The number of carbonyl (C=O) groups is 1. The van der Waals surface area contributed by atoms with Crippen molar-refractivity contribution in [2.75, 3.05) is 11.1 Å². The second-order valence-corrected chi connectivity index (χ2v) is 4.23. The van der Waals surface area contributed by atoms with Gasteiger partial charge in [-0.1, -0.05) is 0 Å². The van der Waals surface area contributed by atoms with E-state index in [0.717, 1.165) is 12.1 Å². The summed E-state index contributed by atoms with van der Waals surface area (Å²) in [5.41, 5.74) is 5.90. The second kappa shape index (κ2) is 5.95. The number of rotatable bonds is 4. The van der Waals surface area contributed by atoms with Crippen LogP contribution in [0.5, 0.6) is 0 Å². The molecule has 1 aromatic carbocycles. The fraction of sp³-hybridized carbons (Fsp3) is 0.0769. The molecule has 0 aliphatic rings. The van der Waals surface area contributed by atoms with Crippen LogP contribution >= 0.6 is 0 Å². The number of amides is 1. The van der Waals surface area contributed by atoms with Crippen molar-refractivity contribution in [3.8, 4) is 0 Å². The zero-order valence-electron chi connectivity index (χ0n) is 10.7. The minimum Gasteiger partial charge on any atom is -0.397 e. The average molecular weight is 290 g/mol. The molecule has 21 heavy (non-hydrogen) atoms. The number of carbonyl (C=O) groups excluding carboxylic acids is 1. The van der Waals surface area contributed by atoms with Gasteiger partial charge in [-0.3, -0.25) is 19.9 Å². The van der Waals surface area contributed by atoms with Crippen molar-refractivity contribution in [3.05, 3.63) is 58.2 Å². The second-order valence-electron chi connectivity index (χ2n) is 4.23. The maximum Gasteiger partial charge on any atom is 0.306 e. The molecule has 0 fully saturated rings. The van der Waals surface area contributed by atoms with Crippen LogP contribution in [0.4, 0.5) is 21.5 Å². The van der Waals surface area contributed by atoms with Gasteiger partial charge in [0, 0.05) is 17.4 Å². The van der Waals surface area contributed by atoms with Crippen molar-refractivity contribution in [1.29, 1.82) is 0 Å². The van der Waals surface area contributed by atoms with Crippen molar-refractivity contribution in [3.63, 3.8) is 0 Å². The van der Waals surface area contributed by atoms with E-state index in [1.54, 1.807) is 12.1 Å². The van der Waals surface area contributed by atoms with Crippen molar-refractivity contribution >= 4 is 23.0 Å². The lowest BCUT2D eigenvalue weighted by Crippen LogP contribution is -2.15. The Morgan fingerprint density at radius 2 is 2.14 bits per heavy atom. The number of benzene rings is 1. The van der Waals surface area contributed by atoms with Gasteiger partial charge in [0.2, 0.25) is 11.7 Å². The fourth-order valence-electron chi connectivity index (χ4n) is 1.64. The number of nitro groups is 1. The molecule has 0 saturated heterocycles. The third-order valence-electron chi connectivity index (χ3n) is 2.62. The van der Waals surface area contributed by atoms with Crippen LogP contribution in [-0.4, -0.2) is 15.8 Å². The molecular formula is C13H11FN4O3. The van der Waals surface area contributed by atoms with Gasteiger partial charge in [0.25, 0.3) is 0 Å². The minimum atomic E-state index is -0.960. The lowest BCUT2D eigenvalue weighted by atomic mass is 10.2. The first kappa shape index (κ1) is 14.4. The predicted molar refractivity (Wildman–Crippen MR) is 74.0 cm³/mol. The van der Waals surface area contributed by atoms with Crippen LogP contribution < -0.4 is 11.1 Å². The van der Waals surface area contributed by atoms with Gasteiger partial charge in [-0.05, 0) is 24.3 Å². The van der Waals surface area contributed by atoms with Crippen LogP contribution in [0.25, 0.3) is 0 Å². The van der Waals surface area contributed by atoms with Crippen LogP contribution in [0.1, 0.15) is 5.69 Å². The molecule has 0 bridgehead atoms. The first-order chi connectivity index (χ1) is 9.95. The summed E-state index contributed by atoms with van der Waals surface area (Å²) in [7, 11) is 0. The first-order valence-corrected chi connectivity index (χ1v) is 5.90. The number of nitrogens with two attached hydrogens (primary N) is 1. The monoisotopic (exact) mass is 290 g/mol. The maximum atomic E-state index is 13.2. The molecule has 0 spiro atoms. The fourth-order valence-corrected chi connectivity index (χ4v) is 1.64. The highest BCUT2D eigenvalue weighted by molar-refractivity contribution is 5.92. The molecule has 1 heterocycles. The smallest absolute Gasteiger partial charge is 0.306 e. The Bertz CT molecular complexity index is 688. The quantitative estimate of drug-likeness (QED) is 0.659. The van der Waals surface area contributed by atoms with E-state index in [9.17, 15) is 19.3 Å². The van der Waals surface area contributed by atoms with Gasteiger partial charge >= 0.3 is 5.69 Å². The molecule has 8 heteroatoms. The standard InChI is InChI=1S/C13H11FN4O3/c14-11-4-3-10(5-12(11)18(20)21)17-13(19)6-9-2-1-8(15)7-16-9/h1-5,7H,6,15H2,(H,17,19). The molecule has 0 aliphatic heterocycles. The summed E-state index contributed by atoms with van der Waals surface area (Å²) in [6.07, 6.45) is 1.40. The molecular weight excluding hydrogens is 279 g/mol. The normalized spacial score (nSPS) is 10.1. The molecule has 2 aromatic rings. The number of anilines is 2. The number of halogens is 1. The number of hydrogen-bond acceptors (Lipinski definition) is 5. The molecule has 2 rings (SSSR count). The SMILES string of the molecule is Nc1ccc(CC(=O)Nc2ccc(F)c([N+](=O)[O-])c2)nc1. The highest BCUT2D eigenvalue weighted by Gasteiger charge is 2.15. The lowest BCUT2D eigenvalue weighted by Gasteiger charge is -2.05. The number of aromatic nitrogens is 1. The van der Waals surface area contributed by atoms with Gasteiger partial charge in [0.15, 0.2) is 0 Å². The van der Waals surface area contributed by atoms with Gasteiger partial charge in [0.1, 0.15) is 0 Å². The molecule has 0 unspecified atom stereocenters. The van der Waals surface area contributed by atoms with E-state index in [4.69, 9.17) is 5.73 Å². The van der Waals surface area contributed by atoms with E-state index >= 15 is 0 Å². The third-order valence-corrected chi connectivity index (χ3v) is 2.62. The summed E-state index contributed by atoms with van der Waals surface area (Å²) >= 11 is 0. The Hall–Kier alpha value is -3.03. The predicted octanol–water partition coefficient (Wildman–Crippen LogP) is 1.89. The number of nitrogen functional groups attached to an aromatic ring is 1. The number of hydrogen-bond donors (Lipinski definition) is 2. The summed E-state index contributed by atoms with van der Waals surface area (Å²) in [5, 5.41) is 13.1. The van der Waals surface area contributed by atoms with E-state index in [-0.39, 0.29) is 12.1 Å². The van der Waals surface area contributed by atoms with Gasteiger partial charge in [-0.25, -0.2) is 0 Å². The van der Waals surface area contributed by atoms with Crippen molar-refractivity contribution in [1.82, 2.24) is 4.98 Å². The summed E-state index contributed by atoms with van der Waals surface area (Å²) in [5.74, 6) is -1.38. The molecule has 108 valence electrons. The molecule has 1 amide bonds. The maximum absolute atomic E-state index is 13.2. The zero-order valence-corrected chi connectivity index (χ0v) is 10.7. The van der Waals surface area contributed by atoms with Crippen LogP contribution in [0.15, 0.2) is 36.5 Å². The van der Waals surface area contributed by atoms with Crippen LogP contribution in [0, 0.1) is 15.9 Å². The summed E-state index contributed by atoms with van der Waals surface area (Å²) in [6.45, 7) is 0. The van der Waals surface area contributed by atoms with E-state index in [1.165, 1.54) is 12.3 Å². The van der Waals surface area contributed by atoms with E-state index in [0.29, 0.717) is 11.4 Å². The molecule has 0 atom stereocenters. The van der Waals surface area contributed by atoms with Crippen LogP contribution in [0.2, 0.25) is 0 Å². The Morgan fingerprint density at radius 1 is 1.38 bits per heavy atom. The number of nitrogens with zero attached hydrogens (tertiary/aromatic N) is 2. The molecule has 0 saturated carbocycles. The van der Waals surface area contributed by atoms with Gasteiger partial charge in [-0.15, -0.1) is 0 Å². The Labute approximate surface area is 118 Å². The van der Waals surface area contributed by atoms with E-state index in [2.05, 4.69) is 10.3 Å². The number of nitrogens with one attached hydrogen (secondary N) is 1. The highest BCUT2D eigenvalue weighted by Crippen LogP contribution is 2.21. The first-order valence-electron chi connectivity index (χ1n) is 5.90. The van der Waals surface area contributed by atoms with Gasteiger partial charge < -0.3 is 11.1 Å². The summed E-state index contributed by atoms with van der Waals surface area (Å²) < 4.78 is 13.2. The largest absolute Gasteiger partial charge is 0.397 e. The molecule has 0 radical (unpaired) electrons. The Morgan fingerprint density at radius 3 is 2.76 bits per heavy atom. The van der Waals surface area contributed by atoms with E-state index in [1.807, 2.05) is 0 Å². The molecule has 0 aliphatic carbocycles.